The Morgan fingerprint density at radius 3 is 2.23 bits per heavy atom. The lowest BCUT2D eigenvalue weighted by atomic mass is 9.98. The van der Waals surface area contributed by atoms with Crippen molar-refractivity contribution in [1.82, 2.24) is 0 Å². The van der Waals surface area contributed by atoms with Crippen LogP contribution in [0.25, 0.3) is 0 Å². The molecule has 116 valence electrons. The highest BCUT2D eigenvalue weighted by Gasteiger charge is 2.13. The third kappa shape index (κ3) is 3.73. The molecule has 0 aliphatic heterocycles. The van der Waals surface area contributed by atoms with Gasteiger partial charge in [0, 0.05) is 11.3 Å². The summed E-state index contributed by atoms with van der Waals surface area (Å²) in [6.07, 6.45) is 1.07. The van der Waals surface area contributed by atoms with Crippen LogP contribution >= 0.6 is 23.2 Å². The van der Waals surface area contributed by atoms with Crippen molar-refractivity contribution in [2.45, 2.75) is 26.2 Å². The quantitative estimate of drug-likeness (QED) is 0.777. The van der Waals surface area contributed by atoms with Crippen LogP contribution in [0.3, 0.4) is 0 Å². The first kappa shape index (κ1) is 16.7. The number of hydrogen-bond donors (Lipinski definition) is 2. The number of carbonyl (C=O) groups is 1. The molecule has 0 bridgehead atoms. The van der Waals surface area contributed by atoms with Gasteiger partial charge in [0.25, 0.3) is 5.91 Å². The Hall–Kier alpha value is -1.71. The molecule has 0 heterocycles. The summed E-state index contributed by atoms with van der Waals surface area (Å²) in [5.74, 6) is -0.0719. The van der Waals surface area contributed by atoms with Crippen LogP contribution in [0.4, 0.5) is 5.69 Å². The fourth-order valence-electron chi connectivity index (χ4n) is 2.03. The van der Waals surface area contributed by atoms with Gasteiger partial charge in [-0.1, -0.05) is 49.2 Å². The van der Waals surface area contributed by atoms with Crippen molar-refractivity contribution in [3.05, 3.63) is 57.6 Å². The molecule has 0 unspecified atom stereocenters. The second-order valence-corrected chi connectivity index (χ2v) is 5.99. The maximum absolute atomic E-state index is 12.2. The standard InChI is InChI=1S/C17H17Cl2NO2/c1-3-10(2)11-4-6-13(7-5-11)20-17(22)12-8-14(18)16(21)15(19)9-12/h4-10,21H,3H2,1-2H3,(H,20,22)/t10-/m0/s1. The van der Waals surface area contributed by atoms with Crippen LogP contribution in [-0.4, -0.2) is 11.0 Å². The van der Waals surface area contributed by atoms with Gasteiger partial charge >= 0.3 is 0 Å². The molecule has 5 heteroatoms. The van der Waals surface area contributed by atoms with Gasteiger partial charge in [0.2, 0.25) is 0 Å². The van der Waals surface area contributed by atoms with Gasteiger partial charge < -0.3 is 10.4 Å². The molecule has 22 heavy (non-hydrogen) atoms. The molecule has 3 nitrogen and oxygen atoms in total. The molecule has 2 rings (SSSR count). The van der Waals surface area contributed by atoms with Gasteiger partial charge in [-0.05, 0) is 42.2 Å². The molecule has 1 atom stereocenters. The van der Waals surface area contributed by atoms with Crippen LogP contribution in [0.15, 0.2) is 36.4 Å². The SMILES string of the molecule is CC[C@H](C)c1ccc(NC(=O)c2cc(Cl)c(O)c(Cl)c2)cc1. The van der Waals surface area contributed by atoms with Gasteiger partial charge in [0.1, 0.15) is 0 Å². The minimum Gasteiger partial charge on any atom is -0.505 e. The van der Waals surface area contributed by atoms with Crippen molar-refractivity contribution >= 4 is 34.8 Å². The van der Waals surface area contributed by atoms with Crippen LogP contribution < -0.4 is 5.32 Å². The van der Waals surface area contributed by atoms with E-state index in [0.717, 1.165) is 6.42 Å². The summed E-state index contributed by atoms with van der Waals surface area (Å²) in [4.78, 5) is 12.2. The minimum atomic E-state index is -0.333. The Balaban J connectivity index is 2.15. The highest BCUT2D eigenvalue weighted by atomic mass is 35.5. The fourth-order valence-corrected chi connectivity index (χ4v) is 2.52. The van der Waals surface area contributed by atoms with Gasteiger partial charge in [0.05, 0.1) is 10.0 Å². The van der Waals surface area contributed by atoms with Crippen molar-refractivity contribution in [3.8, 4) is 5.75 Å². The smallest absolute Gasteiger partial charge is 0.255 e. The van der Waals surface area contributed by atoms with E-state index in [1.165, 1.54) is 17.7 Å². The maximum Gasteiger partial charge on any atom is 0.255 e. The van der Waals surface area contributed by atoms with Crippen molar-refractivity contribution < 1.29 is 9.90 Å². The number of phenolic OH excluding ortho intramolecular Hbond substituents is 1. The van der Waals surface area contributed by atoms with Gasteiger partial charge in [-0.2, -0.15) is 0 Å². The molecule has 0 spiro atoms. The summed E-state index contributed by atoms with van der Waals surface area (Å²) in [6, 6.07) is 10.5. The van der Waals surface area contributed by atoms with E-state index in [4.69, 9.17) is 23.2 Å². The zero-order chi connectivity index (χ0) is 16.3. The van der Waals surface area contributed by atoms with Gasteiger partial charge in [-0.15, -0.1) is 0 Å². The number of halogens is 2. The number of rotatable bonds is 4. The molecule has 0 saturated carbocycles. The number of benzene rings is 2. The number of amides is 1. The molecule has 0 saturated heterocycles. The monoisotopic (exact) mass is 337 g/mol. The second-order valence-electron chi connectivity index (χ2n) is 5.17. The number of nitrogens with one attached hydrogen (secondary N) is 1. The Kier molecular flexibility index (Phi) is 5.33. The van der Waals surface area contributed by atoms with Crippen molar-refractivity contribution in [1.29, 1.82) is 0 Å². The lowest BCUT2D eigenvalue weighted by Crippen LogP contribution is -2.12. The number of aromatic hydroxyl groups is 1. The first-order valence-corrected chi connectivity index (χ1v) is 7.77. The third-order valence-corrected chi connectivity index (χ3v) is 4.21. The van der Waals surface area contributed by atoms with Crippen LogP contribution in [0, 0.1) is 0 Å². The van der Waals surface area contributed by atoms with Crippen molar-refractivity contribution in [2.75, 3.05) is 5.32 Å². The second kappa shape index (κ2) is 7.03. The van der Waals surface area contributed by atoms with E-state index in [-0.39, 0.29) is 21.7 Å². The predicted octanol–water partition coefficient (Wildman–Crippen LogP) is 5.46. The third-order valence-electron chi connectivity index (χ3n) is 3.63. The van der Waals surface area contributed by atoms with E-state index < -0.39 is 0 Å². The van der Waals surface area contributed by atoms with Gasteiger partial charge in [0.15, 0.2) is 5.75 Å². The summed E-state index contributed by atoms with van der Waals surface area (Å²) in [5, 5.41) is 12.4. The van der Waals surface area contributed by atoms with Gasteiger partial charge in [-0.3, -0.25) is 4.79 Å². The van der Waals surface area contributed by atoms with Crippen LogP contribution in [0.2, 0.25) is 10.0 Å². The fraction of sp³-hybridized carbons (Fsp3) is 0.235. The molecule has 0 fully saturated rings. The van der Waals surface area contributed by atoms with Crippen LogP contribution in [-0.2, 0) is 0 Å². The normalized spacial score (nSPS) is 12.0. The van der Waals surface area contributed by atoms with E-state index in [9.17, 15) is 9.90 Å². The largest absolute Gasteiger partial charge is 0.505 e. The average Bonchev–Trinajstić information content (AvgIpc) is 2.52. The molecular weight excluding hydrogens is 321 g/mol. The number of anilines is 1. The zero-order valence-corrected chi connectivity index (χ0v) is 13.9. The summed E-state index contributed by atoms with van der Waals surface area (Å²) >= 11 is 11.6. The van der Waals surface area contributed by atoms with E-state index in [0.29, 0.717) is 17.2 Å². The van der Waals surface area contributed by atoms with E-state index >= 15 is 0 Å². The van der Waals surface area contributed by atoms with Crippen LogP contribution in [0.5, 0.6) is 5.75 Å². The first-order chi connectivity index (χ1) is 10.4. The summed E-state index contributed by atoms with van der Waals surface area (Å²) in [6.45, 7) is 4.30. The van der Waals surface area contributed by atoms with Crippen molar-refractivity contribution in [2.24, 2.45) is 0 Å². The predicted molar refractivity (Wildman–Crippen MR) is 91.2 cm³/mol. The highest BCUT2D eigenvalue weighted by molar-refractivity contribution is 6.37. The average molecular weight is 338 g/mol. The Morgan fingerprint density at radius 2 is 1.73 bits per heavy atom. The highest BCUT2D eigenvalue weighted by Crippen LogP contribution is 2.33. The zero-order valence-electron chi connectivity index (χ0n) is 12.4. The summed E-state index contributed by atoms with van der Waals surface area (Å²) in [7, 11) is 0. The molecule has 2 aromatic rings. The topological polar surface area (TPSA) is 49.3 Å². The number of phenols is 1. The lowest BCUT2D eigenvalue weighted by molar-refractivity contribution is 0.102. The minimum absolute atomic E-state index is 0.0461. The molecule has 0 aromatic heterocycles. The van der Waals surface area contributed by atoms with E-state index in [1.54, 1.807) is 0 Å². The van der Waals surface area contributed by atoms with E-state index in [2.05, 4.69) is 19.2 Å². The molecule has 1 amide bonds. The summed E-state index contributed by atoms with van der Waals surface area (Å²) in [5.41, 5.74) is 2.22. The maximum atomic E-state index is 12.2. The molecule has 0 radical (unpaired) electrons. The molecule has 0 aliphatic rings. The Labute approximate surface area is 139 Å². The Morgan fingerprint density at radius 1 is 1.18 bits per heavy atom. The number of hydrogen-bond acceptors (Lipinski definition) is 2. The Bertz CT molecular complexity index is 661. The molecule has 2 aromatic carbocycles. The molecule has 2 N–H and O–H groups in total. The van der Waals surface area contributed by atoms with E-state index in [1.807, 2.05) is 24.3 Å². The number of carbonyl (C=O) groups excluding carboxylic acids is 1. The molecular formula is C17H17Cl2NO2. The lowest BCUT2D eigenvalue weighted by Gasteiger charge is -2.11. The van der Waals surface area contributed by atoms with Crippen LogP contribution in [0.1, 0.15) is 42.1 Å². The summed E-state index contributed by atoms with van der Waals surface area (Å²) < 4.78 is 0. The molecule has 0 aliphatic carbocycles. The first-order valence-electron chi connectivity index (χ1n) is 7.01. The van der Waals surface area contributed by atoms with Gasteiger partial charge in [-0.25, -0.2) is 0 Å². The van der Waals surface area contributed by atoms with Crippen molar-refractivity contribution in [3.63, 3.8) is 0 Å².